The van der Waals surface area contributed by atoms with Gasteiger partial charge in [0.25, 0.3) is 0 Å². The Hall–Kier alpha value is -0.610. The number of aliphatic hydroxyl groups excluding tert-OH is 1. The van der Waals surface area contributed by atoms with E-state index in [4.69, 9.17) is 5.11 Å². The van der Waals surface area contributed by atoms with Gasteiger partial charge in [0.1, 0.15) is 0 Å². The molecule has 2 rings (SSSR count). The summed E-state index contributed by atoms with van der Waals surface area (Å²) in [5, 5.41) is 12.7. The second-order valence-corrected chi connectivity index (χ2v) is 6.91. The molecule has 1 heterocycles. The second-order valence-electron chi connectivity index (χ2n) is 6.91. The Bertz CT molecular complexity index is 316. The van der Waals surface area contributed by atoms with Gasteiger partial charge in [-0.15, -0.1) is 0 Å². The molecular formula is C16H30N2O2. The molecule has 2 fully saturated rings. The van der Waals surface area contributed by atoms with Crippen LogP contribution >= 0.6 is 0 Å². The molecule has 1 aliphatic heterocycles. The van der Waals surface area contributed by atoms with Crippen LogP contribution in [0.3, 0.4) is 0 Å². The van der Waals surface area contributed by atoms with Crippen LogP contribution in [0, 0.1) is 17.8 Å². The van der Waals surface area contributed by atoms with Gasteiger partial charge in [-0.1, -0.05) is 13.8 Å². The lowest BCUT2D eigenvalue weighted by atomic mass is 9.89. The summed E-state index contributed by atoms with van der Waals surface area (Å²) in [6.45, 7) is 7.06. The SMILES string of the molecule is CC(C)C(=O)N1CC(CCCO)CC(NCC2CC2)C1. The van der Waals surface area contributed by atoms with Gasteiger partial charge in [0.05, 0.1) is 0 Å². The van der Waals surface area contributed by atoms with Crippen LogP contribution in [-0.2, 0) is 4.79 Å². The summed E-state index contributed by atoms with van der Waals surface area (Å²) in [5.74, 6) is 1.77. The highest BCUT2D eigenvalue weighted by Gasteiger charge is 2.31. The summed E-state index contributed by atoms with van der Waals surface area (Å²) in [6, 6.07) is 0.441. The average Bonchev–Trinajstić information content (AvgIpc) is 3.26. The van der Waals surface area contributed by atoms with Crippen LogP contribution in [-0.4, -0.2) is 48.2 Å². The summed E-state index contributed by atoms with van der Waals surface area (Å²) in [4.78, 5) is 14.3. The first-order valence-electron chi connectivity index (χ1n) is 8.23. The average molecular weight is 282 g/mol. The third kappa shape index (κ3) is 4.74. The minimum atomic E-state index is 0.0793. The van der Waals surface area contributed by atoms with Crippen molar-refractivity contribution in [2.24, 2.45) is 17.8 Å². The van der Waals surface area contributed by atoms with E-state index in [1.54, 1.807) is 0 Å². The molecule has 0 aromatic rings. The predicted molar refractivity (Wildman–Crippen MR) is 80.4 cm³/mol. The number of hydrogen-bond acceptors (Lipinski definition) is 3. The van der Waals surface area contributed by atoms with E-state index in [9.17, 15) is 4.79 Å². The van der Waals surface area contributed by atoms with E-state index >= 15 is 0 Å². The van der Waals surface area contributed by atoms with E-state index in [1.807, 2.05) is 18.7 Å². The molecule has 4 heteroatoms. The molecule has 0 aromatic carbocycles. The molecule has 2 N–H and O–H groups in total. The van der Waals surface area contributed by atoms with Crippen molar-refractivity contribution in [3.63, 3.8) is 0 Å². The number of likely N-dealkylation sites (tertiary alicyclic amines) is 1. The van der Waals surface area contributed by atoms with Crippen LogP contribution in [0.15, 0.2) is 0 Å². The minimum absolute atomic E-state index is 0.0793. The van der Waals surface area contributed by atoms with Crippen LogP contribution in [0.2, 0.25) is 0 Å². The first kappa shape index (κ1) is 15.8. The molecule has 2 unspecified atom stereocenters. The molecule has 1 saturated carbocycles. The largest absolute Gasteiger partial charge is 0.396 e. The third-order valence-corrected chi connectivity index (χ3v) is 4.51. The van der Waals surface area contributed by atoms with Gasteiger partial charge in [-0.2, -0.15) is 0 Å². The van der Waals surface area contributed by atoms with Crippen molar-refractivity contribution in [3.05, 3.63) is 0 Å². The van der Waals surface area contributed by atoms with Crippen LogP contribution in [0.5, 0.6) is 0 Å². The van der Waals surface area contributed by atoms with Crippen LogP contribution < -0.4 is 5.32 Å². The van der Waals surface area contributed by atoms with Crippen molar-refractivity contribution in [2.75, 3.05) is 26.2 Å². The van der Waals surface area contributed by atoms with Crippen molar-refractivity contribution in [2.45, 2.75) is 52.0 Å². The predicted octanol–water partition coefficient (Wildman–Crippen LogP) is 1.63. The molecular weight excluding hydrogens is 252 g/mol. The molecule has 1 amide bonds. The smallest absolute Gasteiger partial charge is 0.225 e. The molecule has 116 valence electrons. The molecule has 0 bridgehead atoms. The fraction of sp³-hybridized carbons (Fsp3) is 0.938. The van der Waals surface area contributed by atoms with E-state index in [-0.39, 0.29) is 18.4 Å². The van der Waals surface area contributed by atoms with E-state index in [0.717, 1.165) is 44.8 Å². The van der Waals surface area contributed by atoms with E-state index in [1.165, 1.54) is 12.8 Å². The number of amides is 1. The molecule has 0 radical (unpaired) electrons. The lowest BCUT2D eigenvalue weighted by molar-refractivity contribution is -0.137. The molecule has 1 aliphatic carbocycles. The van der Waals surface area contributed by atoms with Gasteiger partial charge in [0, 0.05) is 31.7 Å². The van der Waals surface area contributed by atoms with Crippen molar-refractivity contribution < 1.29 is 9.90 Å². The molecule has 1 saturated heterocycles. The van der Waals surface area contributed by atoms with Crippen molar-refractivity contribution in [1.82, 2.24) is 10.2 Å². The molecule has 2 aliphatic rings. The number of carbonyl (C=O) groups is 1. The van der Waals surface area contributed by atoms with E-state index in [2.05, 4.69) is 5.32 Å². The van der Waals surface area contributed by atoms with Crippen LogP contribution in [0.25, 0.3) is 0 Å². The van der Waals surface area contributed by atoms with Crippen LogP contribution in [0.4, 0.5) is 0 Å². The standard InChI is InChI=1S/C16H30N2O2/c1-12(2)16(20)18-10-14(4-3-7-19)8-15(11-18)17-9-13-5-6-13/h12-15,17,19H,3-11H2,1-2H3. The lowest BCUT2D eigenvalue weighted by Crippen LogP contribution is -2.52. The number of nitrogens with zero attached hydrogens (tertiary/aromatic N) is 1. The number of hydrogen-bond donors (Lipinski definition) is 2. The zero-order valence-electron chi connectivity index (χ0n) is 13.0. The molecule has 20 heavy (non-hydrogen) atoms. The Labute approximate surface area is 122 Å². The van der Waals surface area contributed by atoms with Gasteiger partial charge in [0.15, 0.2) is 0 Å². The fourth-order valence-corrected chi connectivity index (χ4v) is 3.14. The highest BCUT2D eigenvalue weighted by molar-refractivity contribution is 5.78. The quantitative estimate of drug-likeness (QED) is 0.746. The van der Waals surface area contributed by atoms with Gasteiger partial charge < -0.3 is 15.3 Å². The monoisotopic (exact) mass is 282 g/mol. The van der Waals surface area contributed by atoms with Gasteiger partial charge in [0.2, 0.25) is 5.91 Å². The normalized spacial score (nSPS) is 27.1. The maximum Gasteiger partial charge on any atom is 0.225 e. The molecule has 0 aromatic heterocycles. The van der Waals surface area contributed by atoms with Gasteiger partial charge >= 0.3 is 0 Å². The molecule has 2 atom stereocenters. The van der Waals surface area contributed by atoms with E-state index < -0.39 is 0 Å². The Kier molecular flexibility index (Phi) is 5.85. The Morgan fingerprint density at radius 1 is 1.30 bits per heavy atom. The van der Waals surface area contributed by atoms with Gasteiger partial charge in [-0.3, -0.25) is 4.79 Å². The number of piperidine rings is 1. The summed E-state index contributed by atoms with van der Waals surface area (Å²) in [6.07, 6.45) is 5.75. The summed E-state index contributed by atoms with van der Waals surface area (Å²) in [5.41, 5.74) is 0. The minimum Gasteiger partial charge on any atom is -0.396 e. The number of aliphatic hydroxyl groups is 1. The lowest BCUT2D eigenvalue weighted by Gasteiger charge is -2.39. The van der Waals surface area contributed by atoms with E-state index in [0.29, 0.717) is 12.0 Å². The first-order valence-corrected chi connectivity index (χ1v) is 8.23. The van der Waals surface area contributed by atoms with Gasteiger partial charge in [-0.05, 0) is 50.5 Å². The summed E-state index contributed by atoms with van der Waals surface area (Å²) >= 11 is 0. The number of carbonyl (C=O) groups excluding carboxylic acids is 1. The topological polar surface area (TPSA) is 52.6 Å². The Balaban J connectivity index is 1.87. The summed E-state index contributed by atoms with van der Waals surface area (Å²) < 4.78 is 0. The second kappa shape index (κ2) is 7.41. The summed E-state index contributed by atoms with van der Waals surface area (Å²) in [7, 11) is 0. The zero-order chi connectivity index (χ0) is 14.5. The Morgan fingerprint density at radius 2 is 2.05 bits per heavy atom. The van der Waals surface area contributed by atoms with Crippen molar-refractivity contribution in [1.29, 1.82) is 0 Å². The highest BCUT2D eigenvalue weighted by Crippen LogP contribution is 2.29. The number of rotatable bonds is 7. The zero-order valence-corrected chi connectivity index (χ0v) is 13.0. The van der Waals surface area contributed by atoms with Gasteiger partial charge in [-0.25, -0.2) is 0 Å². The molecule has 0 spiro atoms. The maximum atomic E-state index is 12.3. The van der Waals surface area contributed by atoms with Crippen LogP contribution in [0.1, 0.15) is 46.0 Å². The fourth-order valence-electron chi connectivity index (χ4n) is 3.14. The van der Waals surface area contributed by atoms with Crippen molar-refractivity contribution in [3.8, 4) is 0 Å². The maximum absolute atomic E-state index is 12.3. The van der Waals surface area contributed by atoms with Crippen molar-refractivity contribution >= 4 is 5.91 Å². The first-order chi connectivity index (χ1) is 9.60. The highest BCUT2D eigenvalue weighted by atomic mass is 16.2. The Morgan fingerprint density at radius 3 is 2.65 bits per heavy atom. The third-order valence-electron chi connectivity index (χ3n) is 4.51. The molecule has 4 nitrogen and oxygen atoms in total. The number of nitrogens with one attached hydrogen (secondary N) is 1.